The van der Waals surface area contributed by atoms with Gasteiger partial charge in [0.2, 0.25) is 5.95 Å². The van der Waals surface area contributed by atoms with E-state index in [1.807, 2.05) is 31.2 Å². The molecule has 1 aromatic heterocycles. The molecule has 2 heterocycles. The molecule has 4 N–H and O–H groups in total. The zero-order valence-electron chi connectivity index (χ0n) is 13.3. The van der Waals surface area contributed by atoms with Gasteiger partial charge in [0.05, 0.1) is 6.04 Å². The normalized spacial score (nSPS) is 18.7. The molecule has 1 aromatic carbocycles. The van der Waals surface area contributed by atoms with Crippen molar-refractivity contribution in [3.8, 4) is 0 Å². The number of anilines is 3. The Kier molecular flexibility index (Phi) is 4.57. The Labute approximate surface area is 141 Å². The van der Waals surface area contributed by atoms with Crippen molar-refractivity contribution in [1.29, 1.82) is 0 Å². The first-order chi connectivity index (χ1) is 11.0. The standard InChI is InChI=1S/C17H22ClN5/c1-11-9-16(22-17(20)21-11)23-8-4-2-3-5-15(23)13-7-6-12(19)10-14(13)18/h6-7,9-10,15H,2-5,8,19H2,1H3,(H2,20,21,22). The van der Waals surface area contributed by atoms with E-state index in [0.717, 1.165) is 36.5 Å². The van der Waals surface area contributed by atoms with Gasteiger partial charge in [-0.25, -0.2) is 4.98 Å². The van der Waals surface area contributed by atoms with Crippen LogP contribution in [0.15, 0.2) is 24.3 Å². The van der Waals surface area contributed by atoms with Crippen molar-refractivity contribution in [2.75, 3.05) is 22.9 Å². The molecule has 1 fully saturated rings. The lowest BCUT2D eigenvalue weighted by atomic mass is 10.00. The van der Waals surface area contributed by atoms with Crippen molar-refractivity contribution in [2.24, 2.45) is 0 Å². The minimum atomic E-state index is 0.180. The van der Waals surface area contributed by atoms with Gasteiger partial charge in [-0.05, 0) is 37.5 Å². The monoisotopic (exact) mass is 331 g/mol. The first-order valence-corrected chi connectivity index (χ1v) is 8.35. The summed E-state index contributed by atoms with van der Waals surface area (Å²) in [6.07, 6.45) is 4.54. The molecule has 1 aliphatic rings. The lowest BCUT2D eigenvalue weighted by Crippen LogP contribution is -2.29. The van der Waals surface area contributed by atoms with Crippen LogP contribution in [0, 0.1) is 6.92 Å². The number of benzene rings is 1. The van der Waals surface area contributed by atoms with Crippen LogP contribution in [0.3, 0.4) is 0 Å². The molecule has 1 atom stereocenters. The van der Waals surface area contributed by atoms with Gasteiger partial charge in [0.15, 0.2) is 0 Å². The maximum atomic E-state index is 6.47. The van der Waals surface area contributed by atoms with Crippen LogP contribution in [0.25, 0.3) is 0 Å². The summed E-state index contributed by atoms with van der Waals surface area (Å²) in [6, 6.07) is 7.92. The molecule has 1 unspecified atom stereocenters. The fraction of sp³-hybridized carbons (Fsp3) is 0.412. The Morgan fingerprint density at radius 2 is 1.96 bits per heavy atom. The van der Waals surface area contributed by atoms with Gasteiger partial charge in [-0.1, -0.05) is 30.5 Å². The maximum absolute atomic E-state index is 6.47. The van der Waals surface area contributed by atoms with Crippen LogP contribution >= 0.6 is 11.6 Å². The highest BCUT2D eigenvalue weighted by molar-refractivity contribution is 6.31. The summed E-state index contributed by atoms with van der Waals surface area (Å²) in [7, 11) is 0. The second-order valence-corrected chi connectivity index (χ2v) is 6.47. The number of nitrogens with zero attached hydrogens (tertiary/aromatic N) is 3. The highest BCUT2D eigenvalue weighted by Crippen LogP contribution is 2.37. The summed E-state index contributed by atoms with van der Waals surface area (Å²) in [5.41, 5.74) is 14.3. The number of hydrogen-bond acceptors (Lipinski definition) is 5. The molecule has 0 amide bonds. The van der Waals surface area contributed by atoms with Crippen molar-refractivity contribution < 1.29 is 0 Å². The molecule has 23 heavy (non-hydrogen) atoms. The van der Waals surface area contributed by atoms with Gasteiger partial charge < -0.3 is 16.4 Å². The summed E-state index contributed by atoms with van der Waals surface area (Å²) in [6.45, 7) is 2.87. The number of nitrogens with two attached hydrogens (primary N) is 2. The van der Waals surface area contributed by atoms with Gasteiger partial charge >= 0.3 is 0 Å². The quantitative estimate of drug-likeness (QED) is 0.819. The Hall–Kier alpha value is -2.01. The molecule has 0 aliphatic carbocycles. The fourth-order valence-electron chi connectivity index (χ4n) is 3.24. The van der Waals surface area contributed by atoms with E-state index < -0.39 is 0 Å². The number of aromatic nitrogens is 2. The van der Waals surface area contributed by atoms with E-state index >= 15 is 0 Å². The van der Waals surface area contributed by atoms with Gasteiger partial charge in [0, 0.05) is 29.0 Å². The van der Waals surface area contributed by atoms with Crippen LogP contribution in [-0.2, 0) is 0 Å². The summed E-state index contributed by atoms with van der Waals surface area (Å²) >= 11 is 6.47. The first-order valence-electron chi connectivity index (χ1n) is 7.97. The van der Waals surface area contributed by atoms with E-state index in [-0.39, 0.29) is 6.04 Å². The number of aryl methyl sites for hydroxylation is 1. The van der Waals surface area contributed by atoms with Crippen LogP contribution in [0.4, 0.5) is 17.5 Å². The molecule has 5 nitrogen and oxygen atoms in total. The number of halogens is 1. The third-order valence-electron chi connectivity index (χ3n) is 4.29. The Bertz CT molecular complexity index is 683. The van der Waals surface area contributed by atoms with E-state index in [4.69, 9.17) is 23.1 Å². The van der Waals surface area contributed by atoms with Crippen molar-refractivity contribution in [3.05, 3.63) is 40.5 Å². The van der Waals surface area contributed by atoms with Crippen LogP contribution in [-0.4, -0.2) is 16.5 Å². The van der Waals surface area contributed by atoms with E-state index in [9.17, 15) is 0 Å². The van der Waals surface area contributed by atoms with Crippen LogP contribution in [0.2, 0.25) is 5.02 Å². The Balaban J connectivity index is 2.03. The smallest absolute Gasteiger partial charge is 0.222 e. The van der Waals surface area contributed by atoms with Crippen LogP contribution < -0.4 is 16.4 Å². The SMILES string of the molecule is Cc1cc(N2CCCCCC2c2ccc(N)cc2Cl)nc(N)n1. The van der Waals surface area contributed by atoms with Gasteiger partial charge in [0.25, 0.3) is 0 Å². The third kappa shape index (κ3) is 3.50. The molecule has 2 aromatic rings. The van der Waals surface area contributed by atoms with E-state index in [1.165, 1.54) is 12.8 Å². The molecule has 6 heteroatoms. The molecule has 0 spiro atoms. The fourth-order valence-corrected chi connectivity index (χ4v) is 3.56. The summed E-state index contributed by atoms with van der Waals surface area (Å²) in [4.78, 5) is 10.9. The number of nitrogen functional groups attached to an aromatic ring is 2. The second-order valence-electron chi connectivity index (χ2n) is 6.07. The van der Waals surface area contributed by atoms with E-state index in [1.54, 1.807) is 0 Å². The van der Waals surface area contributed by atoms with Crippen LogP contribution in [0.1, 0.15) is 43.0 Å². The van der Waals surface area contributed by atoms with Crippen molar-refractivity contribution >= 4 is 29.1 Å². The lowest BCUT2D eigenvalue weighted by molar-refractivity contribution is 0.596. The predicted octanol–water partition coefficient (Wildman–Crippen LogP) is 3.72. The maximum Gasteiger partial charge on any atom is 0.222 e. The molecule has 1 saturated heterocycles. The summed E-state index contributed by atoms with van der Waals surface area (Å²) in [5, 5.41) is 0.709. The molecule has 0 radical (unpaired) electrons. The van der Waals surface area contributed by atoms with Gasteiger partial charge in [-0.3, -0.25) is 0 Å². The average molecular weight is 332 g/mol. The van der Waals surface area contributed by atoms with Gasteiger partial charge in [0.1, 0.15) is 5.82 Å². The molecule has 122 valence electrons. The van der Waals surface area contributed by atoms with Crippen LogP contribution in [0.5, 0.6) is 0 Å². The topological polar surface area (TPSA) is 81.1 Å². The molecule has 1 aliphatic heterocycles. The average Bonchev–Trinajstić information content (AvgIpc) is 2.72. The zero-order chi connectivity index (χ0) is 16.4. The summed E-state index contributed by atoms with van der Waals surface area (Å²) < 4.78 is 0. The predicted molar refractivity (Wildman–Crippen MR) is 95.6 cm³/mol. The van der Waals surface area contributed by atoms with Crippen molar-refractivity contribution in [2.45, 2.75) is 38.6 Å². The Morgan fingerprint density at radius 1 is 1.13 bits per heavy atom. The van der Waals surface area contributed by atoms with Crippen molar-refractivity contribution in [1.82, 2.24) is 9.97 Å². The second kappa shape index (κ2) is 6.62. The number of hydrogen-bond donors (Lipinski definition) is 2. The largest absolute Gasteiger partial charge is 0.399 e. The minimum Gasteiger partial charge on any atom is -0.399 e. The highest BCUT2D eigenvalue weighted by Gasteiger charge is 2.26. The Morgan fingerprint density at radius 3 is 2.70 bits per heavy atom. The molecule has 0 saturated carbocycles. The van der Waals surface area contributed by atoms with Gasteiger partial charge in [-0.2, -0.15) is 4.98 Å². The lowest BCUT2D eigenvalue weighted by Gasteiger charge is -2.32. The van der Waals surface area contributed by atoms with E-state index in [2.05, 4.69) is 14.9 Å². The molecule has 3 rings (SSSR count). The van der Waals surface area contributed by atoms with Crippen molar-refractivity contribution in [3.63, 3.8) is 0 Å². The minimum absolute atomic E-state index is 0.180. The number of rotatable bonds is 2. The third-order valence-corrected chi connectivity index (χ3v) is 4.62. The first kappa shape index (κ1) is 15.9. The molecule has 0 bridgehead atoms. The highest BCUT2D eigenvalue weighted by atomic mass is 35.5. The zero-order valence-corrected chi connectivity index (χ0v) is 14.1. The molecular formula is C17H22ClN5. The molecular weight excluding hydrogens is 310 g/mol. The summed E-state index contributed by atoms with van der Waals surface area (Å²) in [5.74, 6) is 1.18. The van der Waals surface area contributed by atoms with E-state index in [0.29, 0.717) is 16.7 Å². The van der Waals surface area contributed by atoms with Gasteiger partial charge in [-0.15, -0.1) is 0 Å².